The summed E-state index contributed by atoms with van der Waals surface area (Å²) in [4.78, 5) is 0. The van der Waals surface area contributed by atoms with E-state index in [1.165, 1.54) is 29.9 Å². The summed E-state index contributed by atoms with van der Waals surface area (Å²) in [6.45, 7) is 0.836. The Hall–Kier alpha value is -1.42. The topological polar surface area (TPSA) is 29.9 Å². The summed E-state index contributed by atoms with van der Waals surface area (Å²) >= 11 is 2.06. The van der Waals surface area contributed by atoms with Gasteiger partial charge >= 0.3 is 0 Å². The SMILES string of the molecule is c1ccc(Cn2cc(NC3CCSCC3)cn2)cc1. The Morgan fingerprint density at radius 1 is 1.21 bits per heavy atom. The molecule has 1 aromatic heterocycles. The number of hydrogen-bond acceptors (Lipinski definition) is 3. The van der Waals surface area contributed by atoms with E-state index in [9.17, 15) is 0 Å². The highest BCUT2D eigenvalue weighted by atomic mass is 32.2. The van der Waals surface area contributed by atoms with E-state index >= 15 is 0 Å². The van der Waals surface area contributed by atoms with E-state index < -0.39 is 0 Å². The lowest BCUT2D eigenvalue weighted by Crippen LogP contribution is -2.24. The largest absolute Gasteiger partial charge is 0.380 e. The maximum absolute atomic E-state index is 4.43. The zero-order valence-electron chi connectivity index (χ0n) is 11.0. The lowest BCUT2D eigenvalue weighted by Gasteiger charge is -2.22. The van der Waals surface area contributed by atoms with Crippen molar-refractivity contribution in [1.82, 2.24) is 9.78 Å². The van der Waals surface area contributed by atoms with Gasteiger partial charge in [-0.3, -0.25) is 4.68 Å². The first-order valence-electron chi connectivity index (χ1n) is 6.81. The van der Waals surface area contributed by atoms with Gasteiger partial charge in [0.25, 0.3) is 0 Å². The quantitative estimate of drug-likeness (QED) is 0.927. The zero-order chi connectivity index (χ0) is 12.9. The monoisotopic (exact) mass is 273 g/mol. The standard InChI is InChI=1S/C15H19N3S/c1-2-4-13(5-3-1)11-18-12-15(10-16-18)17-14-6-8-19-9-7-14/h1-5,10,12,14,17H,6-9,11H2. The molecule has 0 saturated carbocycles. The smallest absolute Gasteiger partial charge is 0.0728 e. The molecule has 0 radical (unpaired) electrons. The van der Waals surface area contributed by atoms with E-state index in [1.54, 1.807) is 0 Å². The summed E-state index contributed by atoms with van der Waals surface area (Å²) in [5.41, 5.74) is 2.43. The van der Waals surface area contributed by atoms with Crippen LogP contribution in [0.3, 0.4) is 0 Å². The maximum Gasteiger partial charge on any atom is 0.0728 e. The number of thioether (sulfide) groups is 1. The van der Waals surface area contributed by atoms with E-state index in [0.717, 1.165) is 12.2 Å². The Balaban J connectivity index is 1.59. The summed E-state index contributed by atoms with van der Waals surface area (Å²) < 4.78 is 2.00. The van der Waals surface area contributed by atoms with Crippen molar-refractivity contribution >= 4 is 17.4 Å². The Morgan fingerprint density at radius 2 is 2.00 bits per heavy atom. The van der Waals surface area contributed by atoms with Crippen molar-refractivity contribution in [1.29, 1.82) is 0 Å². The molecule has 0 aliphatic carbocycles. The van der Waals surface area contributed by atoms with Crippen LogP contribution in [0.1, 0.15) is 18.4 Å². The number of nitrogens with one attached hydrogen (secondary N) is 1. The van der Waals surface area contributed by atoms with Gasteiger partial charge in [-0.1, -0.05) is 30.3 Å². The third-order valence-corrected chi connectivity index (χ3v) is 4.46. The molecule has 1 aliphatic heterocycles. The number of aromatic nitrogens is 2. The van der Waals surface area contributed by atoms with Gasteiger partial charge in [0, 0.05) is 12.2 Å². The predicted octanol–water partition coefficient (Wildman–Crippen LogP) is 3.24. The van der Waals surface area contributed by atoms with Crippen molar-refractivity contribution in [3.63, 3.8) is 0 Å². The van der Waals surface area contributed by atoms with Gasteiger partial charge < -0.3 is 5.32 Å². The third kappa shape index (κ3) is 3.53. The van der Waals surface area contributed by atoms with Gasteiger partial charge in [0.05, 0.1) is 18.4 Å². The molecule has 2 aromatic rings. The summed E-state index contributed by atoms with van der Waals surface area (Å²) in [6.07, 6.45) is 6.56. The Bertz CT molecular complexity index is 503. The normalized spacial score (nSPS) is 16.4. The lowest BCUT2D eigenvalue weighted by atomic mass is 10.1. The van der Waals surface area contributed by atoms with Crippen molar-refractivity contribution in [2.45, 2.75) is 25.4 Å². The van der Waals surface area contributed by atoms with Crippen molar-refractivity contribution < 1.29 is 0 Å². The molecule has 1 N–H and O–H groups in total. The van der Waals surface area contributed by atoms with Crippen molar-refractivity contribution in [2.24, 2.45) is 0 Å². The van der Waals surface area contributed by atoms with Gasteiger partial charge in [0.15, 0.2) is 0 Å². The van der Waals surface area contributed by atoms with Crippen LogP contribution in [-0.2, 0) is 6.54 Å². The fraction of sp³-hybridized carbons (Fsp3) is 0.400. The molecule has 4 heteroatoms. The van der Waals surface area contributed by atoms with Gasteiger partial charge in [0.1, 0.15) is 0 Å². The molecule has 0 amide bonds. The van der Waals surface area contributed by atoms with Crippen LogP contribution in [0.15, 0.2) is 42.7 Å². The van der Waals surface area contributed by atoms with E-state index in [0.29, 0.717) is 6.04 Å². The predicted molar refractivity (Wildman–Crippen MR) is 81.7 cm³/mol. The highest BCUT2D eigenvalue weighted by Crippen LogP contribution is 2.20. The van der Waals surface area contributed by atoms with Crippen LogP contribution in [-0.4, -0.2) is 27.3 Å². The molecule has 3 rings (SSSR count). The van der Waals surface area contributed by atoms with E-state index in [1.807, 2.05) is 16.9 Å². The van der Waals surface area contributed by atoms with Crippen LogP contribution in [0, 0.1) is 0 Å². The molecule has 1 saturated heterocycles. The van der Waals surface area contributed by atoms with Gasteiger partial charge in [-0.05, 0) is 29.9 Å². The highest BCUT2D eigenvalue weighted by Gasteiger charge is 2.13. The number of benzene rings is 1. The zero-order valence-corrected chi connectivity index (χ0v) is 11.8. The number of anilines is 1. The van der Waals surface area contributed by atoms with Gasteiger partial charge in [-0.25, -0.2) is 0 Å². The Labute approximate surface area is 118 Å². The molecular formula is C15H19N3S. The summed E-state index contributed by atoms with van der Waals surface area (Å²) in [6, 6.07) is 11.1. The fourth-order valence-electron chi connectivity index (χ4n) is 2.37. The molecule has 1 aliphatic rings. The number of hydrogen-bond donors (Lipinski definition) is 1. The van der Waals surface area contributed by atoms with Crippen LogP contribution in [0.2, 0.25) is 0 Å². The minimum Gasteiger partial charge on any atom is -0.380 e. The molecule has 1 aromatic carbocycles. The minimum atomic E-state index is 0.621. The molecular weight excluding hydrogens is 254 g/mol. The molecule has 2 heterocycles. The summed E-state index contributed by atoms with van der Waals surface area (Å²) in [5, 5.41) is 8.02. The molecule has 0 spiro atoms. The second kappa shape index (κ2) is 6.15. The molecule has 0 atom stereocenters. The fourth-order valence-corrected chi connectivity index (χ4v) is 3.48. The minimum absolute atomic E-state index is 0.621. The molecule has 19 heavy (non-hydrogen) atoms. The number of rotatable bonds is 4. The van der Waals surface area contributed by atoms with E-state index in [-0.39, 0.29) is 0 Å². The van der Waals surface area contributed by atoms with Gasteiger partial charge in [0.2, 0.25) is 0 Å². The first kappa shape index (κ1) is 12.6. The van der Waals surface area contributed by atoms with Crippen LogP contribution in [0.4, 0.5) is 5.69 Å². The van der Waals surface area contributed by atoms with Crippen LogP contribution < -0.4 is 5.32 Å². The summed E-state index contributed by atoms with van der Waals surface area (Å²) in [7, 11) is 0. The average Bonchev–Trinajstić information content (AvgIpc) is 2.88. The number of nitrogens with zero attached hydrogens (tertiary/aromatic N) is 2. The molecule has 3 nitrogen and oxygen atoms in total. The van der Waals surface area contributed by atoms with Crippen LogP contribution >= 0.6 is 11.8 Å². The van der Waals surface area contributed by atoms with Crippen molar-refractivity contribution in [3.8, 4) is 0 Å². The van der Waals surface area contributed by atoms with Gasteiger partial charge in [-0.2, -0.15) is 16.9 Å². The summed E-state index contributed by atoms with van der Waals surface area (Å²) in [5.74, 6) is 2.55. The Kier molecular flexibility index (Phi) is 4.08. The van der Waals surface area contributed by atoms with Crippen LogP contribution in [0.25, 0.3) is 0 Å². The van der Waals surface area contributed by atoms with E-state index in [2.05, 4.69) is 52.6 Å². The van der Waals surface area contributed by atoms with Crippen molar-refractivity contribution in [2.75, 3.05) is 16.8 Å². The second-order valence-electron chi connectivity index (χ2n) is 4.94. The molecule has 0 unspecified atom stereocenters. The second-order valence-corrected chi connectivity index (χ2v) is 6.17. The molecule has 1 fully saturated rings. The Morgan fingerprint density at radius 3 is 2.79 bits per heavy atom. The van der Waals surface area contributed by atoms with Crippen LogP contribution in [0.5, 0.6) is 0 Å². The first-order valence-corrected chi connectivity index (χ1v) is 7.96. The molecule has 100 valence electrons. The van der Waals surface area contributed by atoms with E-state index in [4.69, 9.17) is 0 Å². The van der Waals surface area contributed by atoms with Crippen molar-refractivity contribution in [3.05, 3.63) is 48.3 Å². The highest BCUT2D eigenvalue weighted by molar-refractivity contribution is 7.99. The average molecular weight is 273 g/mol. The molecule has 0 bridgehead atoms. The first-order chi connectivity index (χ1) is 9.40. The maximum atomic E-state index is 4.43. The third-order valence-electron chi connectivity index (χ3n) is 3.41. The van der Waals surface area contributed by atoms with Gasteiger partial charge in [-0.15, -0.1) is 0 Å². The lowest BCUT2D eigenvalue weighted by molar-refractivity contribution is 0.665.